The maximum atomic E-state index is 3.77. The van der Waals surface area contributed by atoms with Gasteiger partial charge in [0.05, 0.1) is 0 Å². The highest BCUT2D eigenvalue weighted by molar-refractivity contribution is 7.12. The first kappa shape index (κ1) is 13.8. The topological polar surface area (TPSA) is 12.0 Å². The molecule has 0 radical (unpaired) electrons. The molecule has 1 aliphatic rings. The summed E-state index contributed by atoms with van der Waals surface area (Å²) in [5, 5.41) is 3.77. The second-order valence-corrected chi connectivity index (χ2v) is 7.12. The average Bonchev–Trinajstić information content (AvgIpc) is 3.15. The number of hydrogen-bond acceptors (Lipinski definition) is 2. The summed E-state index contributed by atoms with van der Waals surface area (Å²) in [6, 6.07) is 16.1. The molecule has 20 heavy (non-hydrogen) atoms. The molecule has 2 heteroatoms. The van der Waals surface area contributed by atoms with Crippen molar-refractivity contribution in [1.29, 1.82) is 0 Å². The van der Waals surface area contributed by atoms with Gasteiger partial charge in [0.1, 0.15) is 0 Å². The van der Waals surface area contributed by atoms with Crippen LogP contribution in [0, 0.1) is 12.8 Å². The normalized spacial score (nSPS) is 22.7. The Labute approximate surface area is 126 Å². The molecule has 1 aromatic carbocycles. The fourth-order valence-corrected chi connectivity index (χ4v) is 4.08. The fourth-order valence-electron chi connectivity index (χ4n) is 3.05. The minimum Gasteiger partial charge on any atom is -0.309 e. The van der Waals surface area contributed by atoms with Gasteiger partial charge in [-0.1, -0.05) is 37.3 Å². The minimum atomic E-state index is 0.541. The summed E-state index contributed by atoms with van der Waals surface area (Å²) in [5.74, 6) is 1.51. The van der Waals surface area contributed by atoms with Crippen LogP contribution in [-0.2, 0) is 0 Å². The molecule has 3 unspecified atom stereocenters. The predicted molar refractivity (Wildman–Crippen MR) is 87.4 cm³/mol. The Hall–Kier alpha value is -1.12. The maximum absolute atomic E-state index is 3.77. The molecule has 1 fully saturated rings. The first-order valence-electron chi connectivity index (χ1n) is 7.64. The summed E-state index contributed by atoms with van der Waals surface area (Å²) in [4.78, 5) is 2.93. The van der Waals surface area contributed by atoms with E-state index < -0.39 is 0 Å². The van der Waals surface area contributed by atoms with Crippen LogP contribution in [0.15, 0.2) is 42.5 Å². The van der Waals surface area contributed by atoms with Crippen molar-refractivity contribution in [3.8, 4) is 0 Å². The van der Waals surface area contributed by atoms with Gasteiger partial charge >= 0.3 is 0 Å². The lowest BCUT2D eigenvalue weighted by atomic mass is 10.0. The molecule has 3 atom stereocenters. The van der Waals surface area contributed by atoms with Gasteiger partial charge in [0.2, 0.25) is 0 Å². The van der Waals surface area contributed by atoms with E-state index >= 15 is 0 Å². The molecular weight excluding hydrogens is 262 g/mol. The van der Waals surface area contributed by atoms with E-state index in [0.717, 1.165) is 18.4 Å². The molecular formula is C18H23NS. The van der Waals surface area contributed by atoms with Gasteiger partial charge in [0, 0.05) is 15.8 Å². The Morgan fingerprint density at radius 3 is 2.65 bits per heavy atom. The van der Waals surface area contributed by atoms with Gasteiger partial charge in [0.25, 0.3) is 0 Å². The summed E-state index contributed by atoms with van der Waals surface area (Å²) >= 11 is 1.95. The number of nitrogens with one attached hydrogen (secondary N) is 1. The van der Waals surface area contributed by atoms with Crippen molar-refractivity contribution in [2.45, 2.75) is 38.6 Å². The fraction of sp³-hybridized carbons (Fsp3) is 0.444. The predicted octanol–water partition coefficient (Wildman–Crippen LogP) is 4.90. The lowest BCUT2D eigenvalue weighted by Crippen LogP contribution is -2.23. The third-order valence-corrected chi connectivity index (χ3v) is 5.26. The number of thiophene rings is 1. The zero-order chi connectivity index (χ0) is 13.9. The largest absolute Gasteiger partial charge is 0.309 e. The van der Waals surface area contributed by atoms with Gasteiger partial charge in [-0.15, -0.1) is 11.3 Å². The van der Waals surface area contributed by atoms with Crippen LogP contribution >= 0.6 is 11.3 Å². The highest BCUT2D eigenvalue weighted by Crippen LogP contribution is 2.54. The first-order valence-corrected chi connectivity index (χ1v) is 8.46. The first-order chi connectivity index (χ1) is 9.79. The Morgan fingerprint density at radius 1 is 1.20 bits per heavy atom. The second kappa shape index (κ2) is 6.11. The second-order valence-electron chi connectivity index (χ2n) is 5.80. The molecule has 1 heterocycles. The highest BCUT2D eigenvalue weighted by Gasteiger charge is 2.44. The van der Waals surface area contributed by atoms with Gasteiger partial charge < -0.3 is 5.32 Å². The molecule has 1 saturated carbocycles. The number of hydrogen-bond donors (Lipinski definition) is 1. The Balaban J connectivity index is 1.74. The quantitative estimate of drug-likeness (QED) is 0.796. The standard InChI is InChI=1S/C18H23NS/c1-3-11-19-18(17-10-9-13(2)20-17)16-12-15(16)14-7-5-4-6-8-14/h4-10,15-16,18-19H,3,11-12H2,1-2H3. The van der Waals surface area contributed by atoms with Crippen LogP contribution in [0.25, 0.3) is 0 Å². The van der Waals surface area contributed by atoms with Gasteiger partial charge in [-0.2, -0.15) is 0 Å². The number of rotatable bonds is 6. The Kier molecular flexibility index (Phi) is 4.23. The molecule has 0 saturated heterocycles. The molecule has 2 aromatic rings. The summed E-state index contributed by atoms with van der Waals surface area (Å²) < 4.78 is 0. The SMILES string of the molecule is CCCNC(c1ccc(C)s1)C1CC1c1ccccc1. The summed E-state index contributed by atoms with van der Waals surface area (Å²) in [7, 11) is 0. The molecule has 1 nitrogen and oxygen atoms in total. The number of benzene rings is 1. The smallest absolute Gasteiger partial charge is 0.0449 e. The monoisotopic (exact) mass is 285 g/mol. The van der Waals surface area contributed by atoms with E-state index in [9.17, 15) is 0 Å². The van der Waals surface area contributed by atoms with Crippen LogP contribution in [0.2, 0.25) is 0 Å². The van der Waals surface area contributed by atoms with E-state index in [1.165, 1.54) is 28.2 Å². The van der Waals surface area contributed by atoms with E-state index in [0.29, 0.717) is 6.04 Å². The van der Waals surface area contributed by atoms with Crippen molar-refractivity contribution in [1.82, 2.24) is 5.32 Å². The van der Waals surface area contributed by atoms with Crippen LogP contribution in [0.1, 0.15) is 47.0 Å². The Morgan fingerprint density at radius 2 is 2.00 bits per heavy atom. The van der Waals surface area contributed by atoms with Crippen LogP contribution in [0.5, 0.6) is 0 Å². The lowest BCUT2D eigenvalue weighted by molar-refractivity contribution is 0.480. The van der Waals surface area contributed by atoms with Crippen molar-refractivity contribution in [3.63, 3.8) is 0 Å². The summed E-state index contributed by atoms with van der Waals surface area (Å²) in [5.41, 5.74) is 1.51. The molecule has 0 amide bonds. The van der Waals surface area contributed by atoms with Crippen molar-refractivity contribution in [2.24, 2.45) is 5.92 Å². The molecule has 0 spiro atoms. The Bertz CT molecular complexity index is 546. The molecule has 0 bridgehead atoms. The highest BCUT2D eigenvalue weighted by atomic mass is 32.1. The van der Waals surface area contributed by atoms with E-state index in [1.54, 1.807) is 0 Å². The minimum absolute atomic E-state index is 0.541. The van der Waals surface area contributed by atoms with Crippen LogP contribution in [0.3, 0.4) is 0 Å². The van der Waals surface area contributed by atoms with E-state index in [4.69, 9.17) is 0 Å². The van der Waals surface area contributed by atoms with Crippen molar-refractivity contribution in [2.75, 3.05) is 6.54 Å². The van der Waals surface area contributed by atoms with Gasteiger partial charge in [-0.05, 0) is 55.8 Å². The van der Waals surface area contributed by atoms with Gasteiger partial charge in [-0.3, -0.25) is 0 Å². The zero-order valence-electron chi connectivity index (χ0n) is 12.3. The average molecular weight is 285 g/mol. The van der Waals surface area contributed by atoms with Crippen molar-refractivity contribution in [3.05, 3.63) is 57.8 Å². The third kappa shape index (κ3) is 2.97. The van der Waals surface area contributed by atoms with Crippen LogP contribution < -0.4 is 5.32 Å². The van der Waals surface area contributed by atoms with E-state index in [1.807, 2.05) is 11.3 Å². The maximum Gasteiger partial charge on any atom is 0.0449 e. The van der Waals surface area contributed by atoms with Gasteiger partial charge in [0.15, 0.2) is 0 Å². The van der Waals surface area contributed by atoms with Gasteiger partial charge in [-0.25, -0.2) is 0 Å². The van der Waals surface area contributed by atoms with Crippen LogP contribution in [-0.4, -0.2) is 6.54 Å². The zero-order valence-corrected chi connectivity index (χ0v) is 13.1. The molecule has 3 rings (SSSR count). The summed E-state index contributed by atoms with van der Waals surface area (Å²) in [6.45, 7) is 5.55. The molecule has 106 valence electrons. The molecule has 1 N–H and O–H groups in total. The summed E-state index contributed by atoms with van der Waals surface area (Å²) in [6.07, 6.45) is 2.52. The van der Waals surface area contributed by atoms with Crippen molar-refractivity contribution >= 4 is 11.3 Å². The lowest BCUT2D eigenvalue weighted by Gasteiger charge is -2.17. The molecule has 0 aliphatic heterocycles. The number of aryl methyl sites for hydroxylation is 1. The third-order valence-electron chi connectivity index (χ3n) is 4.18. The molecule has 1 aliphatic carbocycles. The van der Waals surface area contributed by atoms with E-state index in [-0.39, 0.29) is 0 Å². The molecule has 1 aromatic heterocycles. The van der Waals surface area contributed by atoms with E-state index in [2.05, 4.69) is 61.6 Å². The van der Waals surface area contributed by atoms with Crippen molar-refractivity contribution < 1.29 is 0 Å². The van der Waals surface area contributed by atoms with Crippen LogP contribution in [0.4, 0.5) is 0 Å².